The van der Waals surface area contributed by atoms with Crippen LogP contribution in [0.4, 0.5) is 4.79 Å². The summed E-state index contributed by atoms with van der Waals surface area (Å²) in [4.78, 5) is 56.4. The average molecular weight is 874 g/mol. The number of aliphatic hydroxyl groups is 1. The van der Waals surface area contributed by atoms with Crippen molar-refractivity contribution in [2.24, 2.45) is 11.8 Å². The third kappa shape index (κ3) is 12.3. The summed E-state index contributed by atoms with van der Waals surface area (Å²) in [5, 5.41) is 30.6. The first-order chi connectivity index (χ1) is 31.0. The first kappa shape index (κ1) is 45.8. The maximum atomic E-state index is 13.3. The highest BCUT2D eigenvalue weighted by molar-refractivity contribution is 5.96. The summed E-state index contributed by atoms with van der Waals surface area (Å²) in [7, 11) is 0. The minimum absolute atomic E-state index is 0.0690. The van der Waals surface area contributed by atoms with Crippen molar-refractivity contribution in [1.82, 2.24) is 25.8 Å². The highest BCUT2D eigenvalue weighted by Crippen LogP contribution is 2.31. The van der Waals surface area contributed by atoms with E-state index in [0.29, 0.717) is 54.0 Å². The Morgan fingerprint density at radius 3 is 2.38 bits per heavy atom. The van der Waals surface area contributed by atoms with Crippen LogP contribution in [-0.4, -0.2) is 89.5 Å². The molecule has 3 saturated heterocycles. The Balaban J connectivity index is 0.858. The molecule has 0 radical (unpaired) electrons. The third-order valence-electron chi connectivity index (χ3n) is 12.0. The Kier molecular flexibility index (Phi) is 15.7. The number of amides is 2. The zero-order valence-electron chi connectivity index (χ0n) is 36.5. The molecule has 0 aliphatic carbocycles. The number of ether oxygens (including phenoxy) is 3. The standard InChI is InChI=1S/C50H59N5O9/c1-32(2)27-41(49(60)62-26-7-6-23-51-29-43(57)39-17-19-42(56)47-40(39)18-20-45(58)53-47)52-48(59)36-15-13-33(14-16-36)31-63-38-12-8-11-37(28-38)46(35-9-4-3-5-10-35)54-50(61)64-44-30-55-24-21-34(44)22-25-55/h3-5,8-20,28,32,34,41,43-44,46,51,56-57H,6-7,21-27,29-31H2,1-2H3,(H,52,59)(H,53,58)(H,54,61)/t41?,43?,44-,46?/m0/s1. The Morgan fingerprint density at radius 2 is 1.64 bits per heavy atom. The van der Waals surface area contributed by atoms with Gasteiger partial charge in [0.15, 0.2) is 0 Å². The van der Waals surface area contributed by atoms with Crippen LogP contribution < -0.4 is 26.2 Å². The topological polar surface area (TPSA) is 192 Å². The molecular formula is C50H59N5O9. The highest BCUT2D eigenvalue weighted by atomic mass is 16.6. The fraction of sp³-hybridized carbons (Fsp3) is 0.400. The van der Waals surface area contributed by atoms with Gasteiger partial charge >= 0.3 is 12.1 Å². The van der Waals surface area contributed by atoms with Gasteiger partial charge in [0.2, 0.25) is 5.56 Å². The van der Waals surface area contributed by atoms with Gasteiger partial charge in [0.1, 0.15) is 30.3 Å². The number of hydrogen-bond acceptors (Lipinski definition) is 11. The number of fused-ring (bicyclic) bond motifs is 4. The quantitative estimate of drug-likeness (QED) is 0.0369. The van der Waals surface area contributed by atoms with Crippen LogP contribution in [0.2, 0.25) is 0 Å². The van der Waals surface area contributed by atoms with Gasteiger partial charge in [-0.05, 0) is 122 Å². The highest BCUT2D eigenvalue weighted by Gasteiger charge is 2.37. The van der Waals surface area contributed by atoms with E-state index in [0.717, 1.165) is 49.2 Å². The second-order valence-corrected chi connectivity index (χ2v) is 17.2. The van der Waals surface area contributed by atoms with Crippen LogP contribution in [0.15, 0.2) is 108 Å². The summed E-state index contributed by atoms with van der Waals surface area (Å²) in [6.07, 6.45) is 2.36. The molecule has 14 nitrogen and oxygen atoms in total. The molecule has 5 aromatic rings. The van der Waals surface area contributed by atoms with E-state index in [2.05, 4.69) is 25.8 Å². The number of phenols is 1. The molecule has 3 unspecified atom stereocenters. The molecule has 4 atom stereocenters. The monoisotopic (exact) mass is 873 g/mol. The number of aromatic nitrogens is 1. The molecule has 0 spiro atoms. The molecule has 4 heterocycles. The molecule has 0 saturated carbocycles. The van der Waals surface area contributed by atoms with Crippen LogP contribution in [-0.2, 0) is 20.9 Å². The van der Waals surface area contributed by atoms with Gasteiger partial charge in [-0.1, -0.05) is 74.5 Å². The second-order valence-electron chi connectivity index (χ2n) is 17.2. The number of aromatic hydroxyl groups is 1. The minimum atomic E-state index is -0.873. The number of rotatable bonds is 20. The number of piperidine rings is 3. The SMILES string of the molecule is CC(C)CC(NC(=O)c1ccc(COc2cccc(C(NC(=O)O[C@H]3CN4CCC3CC4)c3ccccc3)c2)cc1)C(=O)OCCCCNCC(O)c1ccc(O)c2[nH]c(=O)ccc12. The van der Waals surface area contributed by atoms with Gasteiger partial charge in [-0.25, -0.2) is 9.59 Å². The lowest BCUT2D eigenvalue weighted by Gasteiger charge is -2.43. The van der Waals surface area contributed by atoms with Crippen LogP contribution in [0.1, 0.15) is 90.7 Å². The number of hydrogen-bond donors (Lipinski definition) is 6. The molecule has 3 aliphatic heterocycles. The van der Waals surface area contributed by atoms with E-state index >= 15 is 0 Å². The van der Waals surface area contributed by atoms with E-state index in [1.54, 1.807) is 24.3 Å². The van der Waals surface area contributed by atoms with Gasteiger partial charge in [0.05, 0.1) is 24.3 Å². The molecule has 4 aromatic carbocycles. The van der Waals surface area contributed by atoms with E-state index in [4.69, 9.17) is 14.2 Å². The zero-order valence-corrected chi connectivity index (χ0v) is 36.5. The number of pyridine rings is 1. The summed E-state index contributed by atoms with van der Waals surface area (Å²) < 4.78 is 17.7. The summed E-state index contributed by atoms with van der Waals surface area (Å²) in [5.41, 5.74) is 3.52. The summed E-state index contributed by atoms with van der Waals surface area (Å²) in [5.74, 6) is 0.205. The molecule has 3 fully saturated rings. The van der Waals surface area contributed by atoms with Crippen molar-refractivity contribution in [2.75, 3.05) is 39.3 Å². The van der Waals surface area contributed by atoms with Crippen molar-refractivity contribution in [3.8, 4) is 11.5 Å². The third-order valence-corrected chi connectivity index (χ3v) is 12.0. The van der Waals surface area contributed by atoms with Gasteiger partial charge in [-0.3, -0.25) is 14.5 Å². The number of aromatic amines is 1. The van der Waals surface area contributed by atoms with Crippen molar-refractivity contribution in [3.63, 3.8) is 0 Å². The van der Waals surface area contributed by atoms with Crippen LogP contribution in [0, 0.1) is 11.8 Å². The van der Waals surface area contributed by atoms with Crippen molar-refractivity contribution >= 4 is 28.9 Å². The minimum Gasteiger partial charge on any atom is -0.506 e. The number of nitrogens with zero attached hydrogens (tertiary/aromatic N) is 1. The number of nitrogens with one attached hydrogen (secondary N) is 4. The Bertz CT molecular complexity index is 2400. The molecule has 2 amide bonds. The van der Waals surface area contributed by atoms with Gasteiger partial charge in [0.25, 0.3) is 5.91 Å². The number of aliphatic hydroxyl groups excluding tert-OH is 1. The smallest absolute Gasteiger partial charge is 0.408 e. The summed E-state index contributed by atoms with van der Waals surface area (Å²) in [6.45, 7) is 8.09. The maximum absolute atomic E-state index is 13.3. The van der Waals surface area contributed by atoms with Crippen molar-refractivity contribution in [2.45, 2.75) is 76.9 Å². The van der Waals surface area contributed by atoms with E-state index in [1.807, 2.05) is 80.6 Å². The molecule has 338 valence electrons. The second kappa shape index (κ2) is 21.9. The fourth-order valence-electron chi connectivity index (χ4n) is 8.49. The van der Waals surface area contributed by atoms with Gasteiger partial charge < -0.3 is 45.4 Å². The molecule has 3 aliphatic rings. The van der Waals surface area contributed by atoms with Crippen LogP contribution in [0.3, 0.4) is 0 Å². The molecule has 1 aromatic heterocycles. The van der Waals surface area contributed by atoms with E-state index in [-0.39, 0.29) is 54.5 Å². The number of esters is 1. The number of carbonyl (C=O) groups is 3. The lowest BCUT2D eigenvalue weighted by Crippen LogP contribution is -2.52. The van der Waals surface area contributed by atoms with Crippen LogP contribution >= 0.6 is 0 Å². The molecule has 2 bridgehead atoms. The molecule has 14 heteroatoms. The van der Waals surface area contributed by atoms with Crippen molar-refractivity contribution in [1.29, 1.82) is 0 Å². The summed E-state index contributed by atoms with van der Waals surface area (Å²) in [6, 6.07) is 29.2. The molecule has 64 heavy (non-hydrogen) atoms. The number of alkyl carbamates (subject to hydrolysis) is 1. The molecular weight excluding hydrogens is 815 g/mol. The Labute approximate surface area is 373 Å². The van der Waals surface area contributed by atoms with Crippen LogP contribution in [0.25, 0.3) is 10.9 Å². The predicted octanol–water partition coefficient (Wildman–Crippen LogP) is 6.51. The van der Waals surface area contributed by atoms with Gasteiger partial charge in [0, 0.05) is 30.1 Å². The first-order valence-corrected chi connectivity index (χ1v) is 22.3. The number of carbonyl (C=O) groups excluding carboxylic acids is 3. The van der Waals surface area contributed by atoms with E-state index in [1.165, 1.54) is 12.1 Å². The molecule has 6 N–H and O–H groups in total. The maximum Gasteiger partial charge on any atom is 0.408 e. The summed E-state index contributed by atoms with van der Waals surface area (Å²) >= 11 is 0. The van der Waals surface area contributed by atoms with Crippen LogP contribution in [0.5, 0.6) is 11.5 Å². The number of unbranched alkanes of at least 4 members (excludes halogenated alkanes) is 1. The van der Waals surface area contributed by atoms with Crippen molar-refractivity contribution < 1.29 is 38.8 Å². The zero-order chi connectivity index (χ0) is 45.0. The molecule has 8 rings (SSSR count). The fourth-order valence-corrected chi connectivity index (χ4v) is 8.49. The Morgan fingerprint density at radius 1 is 0.875 bits per heavy atom. The normalized spacial score (nSPS) is 18.2. The number of benzene rings is 4. The van der Waals surface area contributed by atoms with E-state index < -0.39 is 30.3 Å². The lowest BCUT2D eigenvalue weighted by atomic mass is 9.86. The average Bonchev–Trinajstić information content (AvgIpc) is 3.30. The van der Waals surface area contributed by atoms with Gasteiger partial charge in [-0.15, -0.1) is 0 Å². The number of phenolic OH excluding ortho intramolecular Hbond substituents is 1. The first-order valence-electron chi connectivity index (χ1n) is 22.3. The predicted molar refractivity (Wildman–Crippen MR) is 243 cm³/mol. The largest absolute Gasteiger partial charge is 0.506 e. The van der Waals surface area contributed by atoms with E-state index in [9.17, 15) is 29.4 Å². The Hall–Kier alpha value is -6.22. The van der Waals surface area contributed by atoms with Crippen molar-refractivity contribution in [3.05, 3.63) is 141 Å². The number of H-pyrrole nitrogens is 1. The lowest BCUT2D eigenvalue weighted by molar-refractivity contribution is -0.146. The van der Waals surface area contributed by atoms with Gasteiger partial charge in [-0.2, -0.15) is 0 Å².